The van der Waals surface area contributed by atoms with Gasteiger partial charge in [-0.3, -0.25) is 9.59 Å². The Hall–Kier alpha value is -4.09. The van der Waals surface area contributed by atoms with Crippen molar-refractivity contribution >= 4 is 35.0 Å². The third-order valence-corrected chi connectivity index (χ3v) is 6.71. The predicted molar refractivity (Wildman–Crippen MR) is 122 cm³/mol. The van der Waals surface area contributed by atoms with Gasteiger partial charge < -0.3 is 25.7 Å². The van der Waals surface area contributed by atoms with Crippen LogP contribution in [0.1, 0.15) is 36.4 Å². The third-order valence-electron chi connectivity index (χ3n) is 6.71. The molecule has 2 aromatic heterocycles. The molecule has 3 heterocycles. The van der Waals surface area contributed by atoms with Crippen LogP contribution in [0.5, 0.6) is 0 Å². The minimum Gasteiger partial charge on any atom is -0.399 e. The first-order chi connectivity index (χ1) is 16.8. The highest BCUT2D eigenvalue weighted by molar-refractivity contribution is 6.00. The van der Waals surface area contributed by atoms with E-state index in [9.17, 15) is 18.4 Å². The second-order valence-corrected chi connectivity index (χ2v) is 9.02. The molecular weight excluding hydrogens is 460 g/mol. The SMILES string of the molecule is NC(=O)C1CC2(CCN(c3ccc(NC(=O)c4nnc(Nc5ccc(F)c(F)c5)o4)cn3)CC2)C1. The number of pyridine rings is 1. The quantitative estimate of drug-likeness (QED) is 0.486. The average molecular weight is 483 g/mol. The van der Waals surface area contributed by atoms with Crippen molar-refractivity contribution in [3.8, 4) is 0 Å². The summed E-state index contributed by atoms with van der Waals surface area (Å²) in [5, 5.41) is 12.6. The molecule has 35 heavy (non-hydrogen) atoms. The number of nitrogens with zero attached hydrogens (tertiary/aromatic N) is 4. The van der Waals surface area contributed by atoms with Gasteiger partial charge in [0.15, 0.2) is 11.6 Å². The number of carbonyl (C=O) groups is 2. The molecule has 12 heteroatoms. The Kier molecular flexibility index (Phi) is 5.79. The summed E-state index contributed by atoms with van der Waals surface area (Å²) < 4.78 is 31.6. The largest absolute Gasteiger partial charge is 0.399 e. The van der Waals surface area contributed by atoms with E-state index in [1.807, 2.05) is 6.07 Å². The van der Waals surface area contributed by atoms with Crippen molar-refractivity contribution in [2.45, 2.75) is 25.7 Å². The summed E-state index contributed by atoms with van der Waals surface area (Å²) in [7, 11) is 0. The summed E-state index contributed by atoms with van der Waals surface area (Å²) in [6.07, 6.45) is 5.29. The monoisotopic (exact) mass is 483 g/mol. The number of amides is 2. The Morgan fingerprint density at radius 2 is 1.80 bits per heavy atom. The fourth-order valence-electron chi connectivity index (χ4n) is 4.70. The zero-order valence-electron chi connectivity index (χ0n) is 18.6. The van der Waals surface area contributed by atoms with Crippen molar-refractivity contribution in [3.05, 3.63) is 54.1 Å². The number of aromatic nitrogens is 3. The van der Waals surface area contributed by atoms with Crippen LogP contribution in [0.25, 0.3) is 0 Å². The van der Waals surface area contributed by atoms with Gasteiger partial charge in [-0.05, 0) is 55.4 Å². The first-order valence-corrected chi connectivity index (χ1v) is 11.2. The minimum absolute atomic E-state index is 0.0131. The molecule has 0 unspecified atom stereocenters. The lowest BCUT2D eigenvalue weighted by atomic mass is 9.57. The van der Waals surface area contributed by atoms with Crippen molar-refractivity contribution in [1.82, 2.24) is 15.2 Å². The fraction of sp³-hybridized carbons (Fsp3) is 0.348. The predicted octanol–water partition coefficient (Wildman–Crippen LogP) is 3.22. The fourth-order valence-corrected chi connectivity index (χ4v) is 4.70. The number of hydrogen-bond donors (Lipinski definition) is 3. The first kappa shape index (κ1) is 22.7. The lowest BCUT2D eigenvalue weighted by Crippen LogP contribution is -2.50. The van der Waals surface area contributed by atoms with Gasteiger partial charge in [0.1, 0.15) is 5.82 Å². The maximum absolute atomic E-state index is 13.3. The van der Waals surface area contributed by atoms with Gasteiger partial charge in [-0.15, -0.1) is 5.10 Å². The molecule has 4 N–H and O–H groups in total. The topological polar surface area (TPSA) is 139 Å². The van der Waals surface area contributed by atoms with Gasteiger partial charge >= 0.3 is 17.8 Å². The molecule has 0 atom stereocenters. The Morgan fingerprint density at radius 1 is 1.06 bits per heavy atom. The number of carbonyl (C=O) groups excluding carboxylic acids is 2. The highest BCUT2D eigenvalue weighted by Gasteiger charge is 2.47. The van der Waals surface area contributed by atoms with Crippen molar-refractivity contribution in [2.75, 3.05) is 28.6 Å². The summed E-state index contributed by atoms with van der Waals surface area (Å²) in [6, 6.07) is 6.58. The van der Waals surface area contributed by atoms with E-state index in [1.165, 1.54) is 6.07 Å². The molecule has 2 fully saturated rings. The molecule has 0 radical (unpaired) electrons. The molecule has 2 amide bonds. The van der Waals surface area contributed by atoms with Crippen LogP contribution >= 0.6 is 0 Å². The van der Waals surface area contributed by atoms with Crippen LogP contribution in [0.3, 0.4) is 0 Å². The lowest BCUT2D eigenvalue weighted by molar-refractivity contribution is -0.130. The first-order valence-electron chi connectivity index (χ1n) is 11.2. The number of benzene rings is 1. The Morgan fingerprint density at radius 3 is 2.46 bits per heavy atom. The summed E-state index contributed by atoms with van der Waals surface area (Å²) in [6.45, 7) is 1.69. The van der Waals surface area contributed by atoms with Crippen LogP contribution in [0.15, 0.2) is 40.9 Å². The van der Waals surface area contributed by atoms with Gasteiger partial charge in [0.25, 0.3) is 0 Å². The number of rotatable bonds is 6. The van der Waals surface area contributed by atoms with Crippen molar-refractivity contribution in [2.24, 2.45) is 17.1 Å². The van der Waals surface area contributed by atoms with Crippen molar-refractivity contribution in [3.63, 3.8) is 0 Å². The third kappa shape index (κ3) is 4.77. The number of nitrogens with one attached hydrogen (secondary N) is 2. The Bertz CT molecular complexity index is 1250. The summed E-state index contributed by atoms with van der Waals surface area (Å²) in [5.41, 5.74) is 6.27. The number of nitrogens with two attached hydrogens (primary N) is 1. The van der Waals surface area contributed by atoms with Gasteiger partial charge in [0.2, 0.25) is 5.91 Å². The lowest BCUT2D eigenvalue weighted by Gasteiger charge is -2.51. The molecular formula is C23H23F2N7O3. The van der Waals surface area contributed by atoms with Crippen LogP contribution in [-0.4, -0.2) is 40.1 Å². The van der Waals surface area contributed by atoms with Gasteiger partial charge in [-0.2, -0.15) is 0 Å². The van der Waals surface area contributed by atoms with E-state index in [4.69, 9.17) is 10.2 Å². The molecule has 10 nitrogen and oxygen atoms in total. The van der Waals surface area contributed by atoms with E-state index in [0.717, 1.165) is 56.7 Å². The van der Waals surface area contributed by atoms with Gasteiger partial charge in [0, 0.05) is 30.8 Å². The maximum Gasteiger partial charge on any atom is 0.320 e. The number of halogens is 2. The number of hydrogen-bond acceptors (Lipinski definition) is 8. The molecule has 1 aliphatic heterocycles. The second-order valence-electron chi connectivity index (χ2n) is 9.02. The van der Waals surface area contributed by atoms with Gasteiger partial charge in [-0.1, -0.05) is 5.10 Å². The normalized spacial score (nSPS) is 17.1. The van der Waals surface area contributed by atoms with Crippen LogP contribution in [0, 0.1) is 23.0 Å². The highest BCUT2D eigenvalue weighted by Crippen LogP contribution is 2.52. The molecule has 0 bridgehead atoms. The molecule has 2 aliphatic rings. The number of primary amides is 1. The van der Waals surface area contributed by atoms with Crippen LogP contribution in [-0.2, 0) is 4.79 Å². The molecule has 1 aliphatic carbocycles. The van der Waals surface area contributed by atoms with E-state index < -0.39 is 17.5 Å². The molecule has 5 rings (SSSR count). The van der Waals surface area contributed by atoms with Crippen LogP contribution in [0.2, 0.25) is 0 Å². The summed E-state index contributed by atoms with van der Waals surface area (Å²) >= 11 is 0. The number of anilines is 4. The molecule has 182 valence electrons. The summed E-state index contributed by atoms with van der Waals surface area (Å²) in [4.78, 5) is 30.4. The standard InChI is InChI=1S/C23H23F2N7O3/c24-16-3-1-14(9-17(16)25)29-22-31-30-21(35-22)20(34)28-15-2-4-18(27-12-15)32-7-5-23(6-8-32)10-13(11-23)19(26)33/h1-4,9,12-13H,5-8,10-11H2,(H2,26,33)(H,28,34)(H,29,31). The van der Waals surface area contributed by atoms with Gasteiger partial charge in [0.05, 0.1) is 11.9 Å². The molecule has 1 saturated heterocycles. The summed E-state index contributed by atoms with van der Waals surface area (Å²) in [5.74, 6) is -2.35. The van der Waals surface area contributed by atoms with Crippen molar-refractivity contribution in [1.29, 1.82) is 0 Å². The molecule has 1 saturated carbocycles. The number of piperidine rings is 1. The average Bonchev–Trinajstić information content (AvgIpc) is 3.29. The zero-order valence-corrected chi connectivity index (χ0v) is 18.6. The van der Waals surface area contributed by atoms with E-state index >= 15 is 0 Å². The molecule has 1 aromatic carbocycles. The Labute approximate surface area is 198 Å². The zero-order chi connectivity index (χ0) is 24.6. The Balaban J connectivity index is 1.14. The van der Waals surface area contributed by atoms with Crippen LogP contribution < -0.4 is 21.3 Å². The van der Waals surface area contributed by atoms with Crippen molar-refractivity contribution < 1.29 is 22.8 Å². The molecule has 3 aromatic rings. The van der Waals surface area contributed by atoms with Crippen LogP contribution in [0.4, 0.5) is 32.0 Å². The second kappa shape index (κ2) is 8.93. The van der Waals surface area contributed by atoms with E-state index in [1.54, 1.807) is 12.3 Å². The van der Waals surface area contributed by atoms with E-state index in [0.29, 0.717) is 5.69 Å². The van der Waals surface area contributed by atoms with Gasteiger partial charge in [-0.25, -0.2) is 13.8 Å². The maximum atomic E-state index is 13.3. The minimum atomic E-state index is -1.03. The smallest absolute Gasteiger partial charge is 0.320 e. The molecule has 1 spiro atoms. The van der Waals surface area contributed by atoms with E-state index in [-0.39, 0.29) is 34.8 Å². The highest BCUT2D eigenvalue weighted by atomic mass is 19.2. The van der Waals surface area contributed by atoms with E-state index in [2.05, 4.69) is 30.7 Å².